The Morgan fingerprint density at radius 1 is 0.868 bits per heavy atom. The lowest BCUT2D eigenvalue weighted by Gasteiger charge is -2.26. The zero-order valence-electron chi connectivity index (χ0n) is 20.4. The van der Waals surface area contributed by atoms with E-state index in [2.05, 4.69) is 16.4 Å². The standard InChI is InChI=1S/C26H26F8O4/c1-2-3-15-4-6-16(7-5-15)24(35)36-18-13-20(27)19(21(28)14-18)10-11-25(30,31)37-17-8-9-23(22(29)12-17)38-26(32,33)34/h8-9,12-16H,2-7,10-11H2,1H3. The van der Waals surface area contributed by atoms with E-state index in [1.54, 1.807) is 0 Å². The van der Waals surface area contributed by atoms with Gasteiger partial charge in [-0.2, -0.15) is 8.78 Å². The summed E-state index contributed by atoms with van der Waals surface area (Å²) >= 11 is 0. The van der Waals surface area contributed by atoms with Crippen molar-refractivity contribution in [1.29, 1.82) is 0 Å². The molecule has 4 nitrogen and oxygen atoms in total. The Bertz CT molecular complexity index is 1090. The van der Waals surface area contributed by atoms with Crippen LogP contribution >= 0.6 is 0 Å². The van der Waals surface area contributed by atoms with Crippen molar-refractivity contribution in [3.8, 4) is 17.2 Å². The summed E-state index contributed by atoms with van der Waals surface area (Å²) in [5.41, 5.74) is -0.715. The van der Waals surface area contributed by atoms with Gasteiger partial charge in [0.25, 0.3) is 0 Å². The molecule has 1 aliphatic carbocycles. The average molecular weight is 554 g/mol. The maximum Gasteiger partial charge on any atom is 0.573 e. The number of rotatable bonds is 10. The second-order valence-electron chi connectivity index (χ2n) is 9.17. The van der Waals surface area contributed by atoms with Gasteiger partial charge in [0, 0.05) is 23.8 Å². The minimum atomic E-state index is -5.19. The molecule has 0 radical (unpaired) electrons. The molecule has 1 fully saturated rings. The fourth-order valence-electron chi connectivity index (χ4n) is 4.42. The van der Waals surface area contributed by atoms with E-state index in [1.165, 1.54) is 0 Å². The van der Waals surface area contributed by atoms with Crippen LogP contribution in [0.5, 0.6) is 17.2 Å². The van der Waals surface area contributed by atoms with E-state index in [0.717, 1.165) is 37.8 Å². The summed E-state index contributed by atoms with van der Waals surface area (Å²) in [7, 11) is 0. The summed E-state index contributed by atoms with van der Waals surface area (Å²) < 4.78 is 121. The number of alkyl halides is 5. The third-order valence-electron chi connectivity index (χ3n) is 6.27. The van der Waals surface area contributed by atoms with Crippen molar-refractivity contribution in [2.24, 2.45) is 11.8 Å². The molecule has 0 bridgehead atoms. The van der Waals surface area contributed by atoms with E-state index in [1.807, 2.05) is 0 Å². The van der Waals surface area contributed by atoms with Crippen molar-refractivity contribution in [3.05, 3.63) is 53.3 Å². The van der Waals surface area contributed by atoms with E-state index >= 15 is 0 Å². The smallest absolute Gasteiger partial charge is 0.432 e. The molecule has 0 amide bonds. The van der Waals surface area contributed by atoms with Crippen LogP contribution in [0.15, 0.2) is 30.3 Å². The van der Waals surface area contributed by atoms with Crippen molar-refractivity contribution in [3.63, 3.8) is 0 Å². The van der Waals surface area contributed by atoms with E-state index in [-0.39, 0.29) is 17.7 Å². The maximum absolute atomic E-state index is 14.5. The number of hydrogen-bond acceptors (Lipinski definition) is 4. The second kappa shape index (κ2) is 12.2. The molecule has 0 unspecified atom stereocenters. The molecule has 210 valence electrons. The molecule has 0 N–H and O–H groups in total. The fraction of sp³-hybridized carbons (Fsp3) is 0.500. The van der Waals surface area contributed by atoms with E-state index in [9.17, 15) is 39.9 Å². The summed E-state index contributed by atoms with van der Waals surface area (Å²) in [6, 6.07) is 2.79. The first-order valence-corrected chi connectivity index (χ1v) is 12.1. The predicted molar refractivity (Wildman–Crippen MR) is 119 cm³/mol. The molecule has 2 aromatic rings. The number of carbonyl (C=O) groups excluding carboxylic acids is 1. The lowest BCUT2D eigenvalue weighted by atomic mass is 9.80. The summed E-state index contributed by atoms with van der Waals surface area (Å²) in [5.74, 6) is -6.94. The minimum absolute atomic E-state index is 0.259. The predicted octanol–water partition coefficient (Wildman–Crippen LogP) is 8.12. The quantitative estimate of drug-likeness (QED) is 0.169. The van der Waals surface area contributed by atoms with Gasteiger partial charge in [0.2, 0.25) is 0 Å². The molecule has 0 atom stereocenters. The van der Waals surface area contributed by atoms with Crippen LogP contribution in [0.4, 0.5) is 35.1 Å². The molecule has 0 aliphatic heterocycles. The van der Waals surface area contributed by atoms with Crippen molar-refractivity contribution in [2.45, 2.75) is 70.8 Å². The highest BCUT2D eigenvalue weighted by molar-refractivity contribution is 5.75. The zero-order valence-corrected chi connectivity index (χ0v) is 20.4. The molecule has 2 aromatic carbocycles. The van der Waals surface area contributed by atoms with Gasteiger partial charge in [0.05, 0.1) is 12.3 Å². The number of esters is 1. The third kappa shape index (κ3) is 8.49. The maximum atomic E-state index is 14.5. The molecule has 0 heterocycles. The SMILES string of the molecule is CCCC1CCC(C(=O)Oc2cc(F)c(CCC(F)(F)Oc3ccc(OC(F)(F)F)c(F)c3)c(F)c2)CC1. The molecular formula is C26H26F8O4. The summed E-state index contributed by atoms with van der Waals surface area (Å²) in [4.78, 5) is 12.4. The molecular weight excluding hydrogens is 528 g/mol. The number of halogens is 8. The Morgan fingerprint density at radius 3 is 2.03 bits per heavy atom. The van der Waals surface area contributed by atoms with Gasteiger partial charge in [-0.3, -0.25) is 4.79 Å². The second-order valence-corrected chi connectivity index (χ2v) is 9.17. The molecule has 3 rings (SSSR count). The van der Waals surface area contributed by atoms with Gasteiger partial charge in [-0.05, 0) is 50.2 Å². The lowest BCUT2D eigenvalue weighted by Crippen LogP contribution is -2.26. The lowest BCUT2D eigenvalue weighted by molar-refractivity contribution is -0.275. The Hall–Kier alpha value is -3.05. The average Bonchev–Trinajstić information content (AvgIpc) is 2.80. The van der Waals surface area contributed by atoms with Crippen LogP contribution in [0.25, 0.3) is 0 Å². The van der Waals surface area contributed by atoms with Gasteiger partial charge in [0.15, 0.2) is 11.6 Å². The molecule has 12 heteroatoms. The molecule has 38 heavy (non-hydrogen) atoms. The van der Waals surface area contributed by atoms with Gasteiger partial charge in [-0.15, -0.1) is 13.2 Å². The summed E-state index contributed by atoms with van der Waals surface area (Å²) in [6.07, 6.45) is -6.26. The van der Waals surface area contributed by atoms with Crippen LogP contribution in [-0.2, 0) is 11.2 Å². The Balaban J connectivity index is 1.58. The van der Waals surface area contributed by atoms with Gasteiger partial charge in [0.1, 0.15) is 23.1 Å². The van der Waals surface area contributed by atoms with Crippen LogP contribution in [0, 0.1) is 29.3 Å². The van der Waals surface area contributed by atoms with Crippen molar-refractivity contribution in [1.82, 2.24) is 0 Å². The first-order chi connectivity index (χ1) is 17.8. The van der Waals surface area contributed by atoms with Crippen LogP contribution in [-0.4, -0.2) is 18.4 Å². The van der Waals surface area contributed by atoms with Crippen molar-refractivity contribution in [2.75, 3.05) is 0 Å². The van der Waals surface area contributed by atoms with Gasteiger partial charge >= 0.3 is 18.4 Å². The van der Waals surface area contributed by atoms with Gasteiger partial charge in [-0.1, -0.05) is 19.8 Å². The highest BCUT2D eigenvalue weighted by atomic mass is 19.4. The zero-order chi connectivity index (χ0) is 28.1. The number of benzene rings is 2. The highest BCUT2D eigenvalue weighted by Crippen LogP contribution is 2.34. The Kier molecular flexibility index (Phi) is 9.48. The van der Waals surface area contributed by atoms with E-state index < -0.39 is 65.8 Å². The molecule has 0 spiro atoms. The van der Waals surface area contributed by atoms with Gasteiger partial charge in [-0.25, -0.2) is 13.2 Å². The summed E-state index contributed by atoms with van der Waals surface area (Å²) in [6.45, 7) is 2.08. The largest absolute Gasteiger partial charge is 0.573 e. The van der Waals surface area contributed by atoms with Crippen LogP contribution in [0.1, 0.15) is 57.4 Å². The molecule has 1 aliphatic rings. The van der Waals surface area contributed by atoms with E-state index in [0.29, 0.717) is 30.9 Å². The monoisotopic (exact) mass is 554 g/mol. The number of hydrogen-bond donors (Lipinski definition) is 0. The minimum Gasteiger partial charge on any atom is -0.432 e. The van der Waals surface area contributed by atoms with Crippen LogP contribution < -0.4 is 14.2 Å². The molecule has 0 saturated heterocycles. The molecule has 0 aromatic heterocycles. The number of ether oxygens (including phenoxy) is 3. The molecule has 1 saturated carbocycles. The van der Waals surface area contributed by atoms with Crippen LogP contribution in [0.2, 0.25) is 0 Å². The summed E-state index contributed by atoms with van der Waals surface area (Å²) in [5, 5.41) is 0. The third-order valence-corrected chi connectivity index (χ3v) is 6.27. The number of carbonyl (C=O) groups is 1. The van der Waals surface area contributed by atoms with Gasteiger partial charge < -0.3 is 14.2 Å². The van der Waals surface area contributed by atoms with E-state index in [4.69, 9.17) is 4.74 Å². The highest BCUT2D eigenvalue weighted by Gasteiger charge is 2.35. The fourth-order valence-corrected chi connectivity index (χ4v) is 4.42. The van der Waals surface area contributed by atoms with Crippen molar-refractivity contribution >= 4 is 5.97 Å². The van der Waals surface area contributed by atoms with Crippen LogP contribution in [0.3, 0.4) is 0 Å². The first kappa shape index (κ1) is 29.5. The normalized spacial score (nSPS) is 18.2. The Labute approximate surface area is 213 Å². The first-order valence-electron chi connectivity index (χ1n) is 12.1. The Morgan fingerprint density at radius 2 is 1.47 bits per heavy atom. The topological polar surface area (TPSA) is 44.8 Å². The van der Waals surface area contributed by atoms with Crippen molar-refractivity contribution < 1.29 is 54.1 Å².